The Morgan fingerprint density at radius 3 is 2.68 bits per heavy atom. The van der Waals surface area contributed by atoms with E-state index in [1.54, 1.807) is 6.20 Å². The van der Waals surface area contributed by atoms with Crippen molar-refractivity contribution in [2.45, 2.75) is 6.42 Å². The molecule has 1 amide bonds. The van der Waals surface area contributed by atoms with Crippen LogP contribution in [0.4, 0.5) is 11.4 Å². The van der Waals surface area contributed by atoms with Gasteiger partial charge in [0.15, 0.2) is 0 Å². The molecule has 130 valence electrons. The van der Waals surface area contributed by atoms with Gasteiger partial charge in [-0.25, -0.2) is 0 Å². The van der Waals surface area contributed by atoms with E-state index in [2.05, 4.69) is 48.9 Å². The number of carbonyl (C=O) groups excluding carboxylic acids is 1. The third-order valence-corrected chi connectivity index (χ3v) is 5.41. The SMILES string of the molecule is O=C(CN1CCN(c2cncc(Br)c2)CC1)N1CCc2ccccc21. The molecule has 1 fully saturated rings. The van der Waals surface area contributed by atoms with Crippen molar-refractivity contribution >= 4 is 33.2 Å². The maximum absolute atomic E-state index is 12.7. The number of benzene rings is 1. The van der Waals surface area contributed by atoms with Gasteiger partial charge >= 0.3 is 0 Å². The minimum atomic E-state index is 0.211. The minimum absolute atomic E-state index is 0.211. The molecule has 0 atom stereocenters. The van der Waals surface area contributed by atoms with Crippen molar-refractivity contribution in [3.05, 3.63) is 52.8 Å². The molecule has 1 aromatic carbocycles. The molecule has 4 rings (SSSR count). The van der Waals surface area contributed by atoms with Gasteiger partial charge in [0.25, 0.3) is 0 Å². The van der Waals surface area contributed by atoms with E-state index >= 15 is 0 Å². The van der Waals surface area contributed by atoms with Gasteiger partial charge in [0.2, 0.25) is 5.91 Å². The molecule has 0 unspecified atom stereocenters. The van der Waals surface area contributed by atoms with Gasteiger partial charge in [-0.15, -0.1) is 0 Å². The summed E-state index contributed by atoms with van der Waals surface area (Å²) in [5.74, 6) is 0.211. The van der Waals surface area contributed by atoms with Crippen molar-refractivity contribution in [2.24, 2.45) is 0 Å². The molecule has 1 saturated heterocycles. The highest BCUT2D eigenvalue weighted by Gasteiger charge is 2.27. The largest absolute Gasteiger partial charge is 0.368 e. The molecule has 2 aromatic rings. The number of hydrogen-bond donors (Lipinski definition) is 0. The van der Waals surface area contributed by atoms with Crippen LogP contribution in [0.1, 0.15) is 5.56 Å². The van der Waals surface area contributed by atoms with Crippen molar-refractivity contribution in [2.75, 3.05) is 49.1 Å². The zero-order valence-electron chi connectivity index (χ0n) is 14.1. The molecule has 0 bridgehead atoms. The summed E-state index contributed by atoms with van der Waals surface area (Å²) in [6, 6.07) is 10.3. The lowest BCUT2D eigenvalue weighted by atomic mass is 10.2. The van der Waals surface area contributed by atoms with Crippen LogP contribution >= 0.6 is 15.9 Å². The molecule has 5 nitrogen and oxygen atoms in total. The van der Waals surface area contributed by atoms with E-state index in [4.69, 9.17) is 0 Å². The average molecular weight is 401 g/mol. The Hall–Kier alpha value is -1.92. The fourth-order valence-corrected chi connectivity index (χ4v) is 3.96. The Morgan fingerprint density at radius 2 is 1.88 bits per heavy atom. The molecule has 0 spiro atoms. The number of carbonyl (C=O) groups is 1. The molecule has 0 saturated carbocycles. The minimum Gasteiger partial charge on any atom is -0.368 e. The van der Waals surface area contributed by atoms with E-state index in [-0.39, 0.29) is 5.91 Å². The van der Waals surface area contributed by atoms with Crippen LogP contribution in [-0.4, -0.2) is 55.1 Å². The van der Waals surface area contributed by atoms with E-state index in [0.717, 1.165) is 55.0 Å². The molecular formula is C19H21BrN4O. The Bertz CT molecular complexity index is 774. The van der Waals surface area contributed by atoms with Gasteiger partial charge in [-0.05, 0) is 40.0 Å². The maximum atomic E-state index is 12.7. The van der Waals surface area contributed by atoms with E-state index in [0.29, 0.717) is 6.54 Å². The highest BCUT2D eigenvalue weighted by molar-refractivity contribution is 9.10. The number of rotatable bonds is 3. The summed E-state index contributed by atoms with van der Waals surface area (Å²) in [5.41, 5.74) is 3.50. The van der Waals surface area contributed by atoms with Crippen molar-refractivity contribution in [1.82, 2.24) is 9.88 Å². The van der Waals surface area contributed by atoms with E-state index in [1.807, 2.05) is 23.2 Å². The quantitative estimate of drug-likeness (QED) is 0.793. The van der Waals surface area contributed by atoms with Crippen LogP contribution in [0, 0.1) is 0 Å². The number of aromatic nitrogens is 1. The first-order chi connectivity index (χ1) is 12.2. The molecule has 0 radical (unpaired) electrons. The van der Waals surface area contributed by atoms with Crippen molar-refractivity contribution in [1.29, 1.82) is 0 Å². The molecule has 0 N–H and O–H groups in total. The van der Waals surface area contributed by atoms with Crippen LogP contribution in [-0.2, 0) is 11.2 Å². The Kier molecular flexibility index (Phi) is 4.72. The summed E-state index contributed by atoms with van der Waals surface area (Å²) < 4.78 is 0.996. The zero-order chi connectivity index (χ0) is 17.2. The van der Waals surface area contributed by atoms with Gasteiger partial charge < -0.3 is 9.80 Å². The average Bonchev–Trinajstić information content (AvgIpc) is 3.06. The number of halogens is 1. The molecule has 6 heteroatoms. The summed E-state index contributed by atoms with van der Waals surface area (Å²) >= 11 is 3.47. The van der Waals surface area contributed by atoms with Crippen molar-refractivity contribution in [3.63, 3.8) is 0 Å². The number of nitrogens with zero attached hydrogens (tertiary/aromatic N) is 4. The van der Waals surface area contributed by atoms with Gasteiger partial charge in [0.05, 0.1) is 18.4 Å². The third kappa shape index (κ3) is 3.55. The first kappa shape index (κ1) is 16.5. The Morgan fingerprint density at radius 1 is 1.08 bits per heavy atom. The highest BCUT2D eigenvalue weighted by atomic mass is 79.9. The van der Waals surface area contributed by atoms with Crippen LogP contribution in [0.25, 0.3) is 0 Å². The topological polar surface area (TPSA) is 39.7 Å². The lowest BCUT2D eigenvalue weighted by Crippen LogP contribution is -2.50. The summed E-state index contributed by atoms with van der Waals surface area (Å²) in [6.07, 6.45) is 4.66. The maximum Gasteiger partial charge on any atom is 0.241 e. The summed E-state index contributed by atoms with van der Waals surface area (Å²) in [4.78, 5) is 23.5. The van der Waals surface area contributed by atoms with E-state index in [1.165, 1.54) is 5.56 Å². The second-order valence-electron chi connectivity index (χ2n) is 6.55. The fourth-order valence-electron chi connectivity index (χ4n) is 3.61. The number of anilines is 2. The smallest absolute Gasteiger partial charge is 0.241 e. The normalized spacial score (nSPS) is 17.6. The van der Waals surface area contributed by atoms with Crippen LogP contribution < -0.4 is 9.80 Å². The van der Waals surface area contributed by atoms with Crippen LogP contribution in [0.3, 0.4) is 0 Å². The van der Waals surface area contributed by atoms with Crippen molar-refractivity contribution < 1.29 is 4.79 Å². The number of para-hydroxylation sites is 1. The monoisotopic (exact) mass is 400 g/mol. The Labute approximate surface area is 156 Å². The molecular weight excluding hydrogens is 380 g/mol. The first-order valence-corrected chi connectivity index (χ1v) is 9.46. The fraction of sp³-hybridized carbons (Fsp3) is 0.368. The number of pyridine rings is 1. The highest BCUT2D eigenvalue weighted by Crippen LogP contribution is 2.27. The standard InChI is InChI=1S/C19H21BrN4O/c20-16-11-17(13-21-12-16)23-9-7-22(8-10-23)14-19(25)24-6-5-15-3-1-2-4-18(15)24/h1-4,11-13H,5-10,14H2. The van der Waals surface area contributed by atoms with Crippen molar-refractivity contribution in [3.8, 4) is 0 Å². The predicted octanol–water partition coefficient (Wildman–Crippen LogP) is 2.56. The summed E-state index contributed by atoms with van der Waals surface area (Å²) in [5, 5.41) is 0. The Balaban J connectivity index is 1.34. The zero-order valence-corrected chi connectivity index (χ0v) is 15.7. The number of hydrogen-bond acceptors (Lipinski definition) is 4. The van der Waals surface area contributed by atoms with Crippen LogP contribution in [0.15, 0.2) is 47.2 Å². The molecule has 2 aliphatic heterocycles. The molecule has 2 aliphatic rings. The van der Waals surface area contributed by atoms with E-state index < -0.39 is 0 Å². The van der Waals surface area contributed by atoms with Crippen LogP contribution in [0.5, 0.6) is 0 Å². The van der Waals surface area contributed by atoms with E-state index in [9.17, 15) is 4.79 Å². The van der Waals surface area contributed by atoms with Crippen LogP contribution in [0.2, 0.25) is 0 Å². The van der Waals surface area contributed by atoms with Gasteiger partial charge in [0, 0.05) is 49.1 Å². The summed E-state index contributed by atoms with van der Waals surface area (Å²) in [6.45, 7) is 4.94. The van der Waals surface area contributed by atoms with Gasteiger partial charge in [0.1, 0.15) is 0 Å². The molecule has 0 aliphatic carbocycles. The number of amides is 1. The number of fused-ring (bicyclic) bond motifs is 1. The first-order valence-electron chi connectivity index (χ1n) is 8.67. The number of piperazine rings is 1. The molecule has 25 heavy (non-hydrogen) atoms. The third-order valence-electron chi connectivity index (χ3n) is 4.97. The van der Waals surface area contributed by atoms with Gasteiger partial charge in [-0.2, -0.15) is 0 Å². The second-order valence-corrected chi connectivity index (χ2v) is 7.46. The lowest BCUT2D eigenvalue weighted by Gasteiger charge is -2.36. The lowest BCUT2D eigenvalue weighted by molar-refractivity contribution is -0.119. The summed E-state index contributed by atoms with van der Waals surface area (Å²) in [7, 11) is 0. The molecule has 1 aromatic heterocycles. The van der Waals surface area contributed by atoms with Gasteiger partial charge in [-0.3, -0.25) is 14.7 Å². The predicted molar refractivity (Wildman–Crippen MR) is 103 cm³/mol. The second kappa shape index (κ2) is 7.14. The van der Waals surface area contributed by atoms with Gasteiger partial charge in [-0.1, -0.05) is 18.2 Å². The molecule has 3 heterocycles.